The Bertz CT molecular complexity index is 1610. The maximum atomic E-state index is 14.7. The number of anilines is 1. The SMILES string of the molecule is Cn1cnnc1-c1cc(C#N)ccc1-c1cc(C2CC2)cc(N2Cc3c(F)cc(C=O)cc3C2=O)c1. The molecule has 0 saturated heterocycles. The van der Waals surface area contributed by atoms with Gasteiger partial charge in [-0.05, 0) is 71.8 Å². The molecule has 0 spiro atoms. The molecule has 3 aromatic carbocycles. The van der Waals surface area contributed by atoms with Gasteiger partial charge in [-0.3, -0.25) is 9.59 Å². The third-order valence-electron chi connectivity index (χ3n) is 6.86. The van der Waals surface area contributed by atoms with E-state index >= 15 is 0 Å². The molecule has 8 heteroatoms. The summed E-state index contributed by atoms with van der Waals surface area (Å²) in [5.74, 6) is 0.132. The summed E-state index contributed by atoms with van der Waals surface area (Å²) in [6, 6.07) is 16.2. The highest BCUT2D eigenvalue weighted by Crippen LogP contribution is 2.45. The largest absolute Gasteiger partial charge is 0.317 e. The molecule has 1 saturated carbocycles. The lowest BCUT2D eigenvalue weighted by atomic mass is 9.94. The Hall–Kier alpha value is -4.64. The molecule has 1 aliphatic heterocycles. The third-order valence-corrected chi connectivity index (χ3v) is 6.86. The molecule has 1 amide bonds. The van der Waals surface area contributed by atoms with E-state index in [0.717, 1.165) is 35.1 Å². The second kappa shape index (κ2) is 8.24. The number of benzene rings is 3. The van der Waals surface area contributed by atoms with Crippen molar-refractivity contribution in [2.45, 2.75) is 25.3 Å². The zero-order chi connectivity index (χ0) is 25.0. The van der Waals surface area contributed by atoms with Crippen molar-refractivity contribution < 1.29 is 14.0 Å². The van der Waals surface area contributed by atoms with Gasteiger partial charge in [0.25, 0.3) is 5.91 Å². The Morgan fingerprint density at radius 2 is 1.92 bits per heavy atom. The van der Waals surface area contributed by atoms with E-state index in [-0.39, 0.29) is 23.6 Å². The monoisotopic (exact) mass is 477 g/mol. The zero-order valence-corrected chi connectivity index (χ0v) is 19.4. The van der Waals surface area contributed by atoms with Gasteiger partial charge in [-0.25, -0.2) is 4.39 Å². The van der Waals surface area contributed by atoms with Crippen LogP contribution in [0.5, 0.6) is 0 Å². The van der Waals surface area contributed by atoms with Crippen molar-refractivity contribution >= 4 is 17.9 Å². The van der Waals surface area contributed by atoms with Crippen LogP contribution in [0.3, 0.4) is 0 Å². The maximum absolute atomic E-state index is 14.7. The fourth-order valence-corrected chi connectivity index (χ4v) is 4.84. The molecule has 2 aliphatic rings. The summed E-state index contributed by atoms with van der Waals surface area (Å²) in [6.45, 7) is 0.0935. The summed E-state index contributed by atoms with van der Waals surface area (Å²) in [6.07, 6.45) is 4.28. The number of halogens is 1. The van der Waals surface area contributed by atoms with Gasteiger partial charge in [-0.1, -0.05) is 12.1 Å². The number of nitriles is 1. The van der Waals surface area contributed by atoms with Crippen LogP contribution in [-0.2, 0) is 13.6 Å². The fraction of sp³-hybridized carbons (Fsp3) is 0.179. The van der Waals surface area contributed by atoms with Crippen LogP contribution in [0.4, 0.5) is 10.1 Å². The lowest BCUT2D eigenvalue weighted by Gasteiger charge is -2.20. The standard InChI is InChI=1S/C28H20FN5O2/c1-33-15-31-32-27(33)23-6-16(12-30)2-5-22(23)20-9-19(18-3-4-18)10-21(11-20)34-13-25-24(28(34)36)7-17(14-35)8-26(25)29/h2,5-11,14-15,18H,3-4,13H2,1H3. The number of nitrogens with zero attached hydrogens (tertiary/aromatic N) is 5. The summed E-state index contributed by atoms with van der Waals surface area (Å²) >= 11 is 0. The van der Waals surface area contributed by atoms with Crippen molar-refractivity contribution in [1.82, 2.24) is 14.8 Å². The van der Waals surface area contributed by atoms with E-state index in [1.54, 1.807) is 27.9 Å². The van der Waals surface area contributed by atoms with Gasteiger partial charge >= 0.3 is 0 Å². The van der Waals surface area contributed by atoms with Gasteiger partial charge in [0.05, 0.1) is 18.2 Å². The summed E-state index contributed by atoms with van der Waals surface area (Å²) in [7, 11) is 1.84. The Morgan fingerprint density at radius 3 is 2.61 bits per heavy atom. The van der Waals surface area contributed by atoms with E-state index in [1.807, 2.05) is 25.2 Å². The summed E-state index contributed by atoms with van der Waals surface area (Å²) in [5, 5.41) is 17.7. The molecular weight excluding hydrogens is 457 g/mol. The van der Waals surface area contributed by atoms with Crippen LogP contribution < -0.4 is 4.90 Å². The minimum absolute atomic E-state index is 0.0935. The Balaban J connectivity index is 1.50. The highest BCUT2D eigenvalue weighted by atomic mass is 19.1. The number of fused-ring (bicyclic) bond motifs is 1. The topological polar surface area (TPSA) is 91.9 Å². The zero-order valence-electron chi connectivity index (χ0n) is 19.4. The van der Waals surface area contributed by atoms with Crippen LogP contribution >= 0.6 is 0 Å². The first-order valence-corrected chi connectivity index (χ1v) is 11.6. The normalized spacial score (nSPS) is 14.6. The highest BCUT2D eigenvalue weighted by molar-refractivity contribution is 6.11. The van der Waals surface area contributed by atoms with Crippen LogP contribution in [0.2, 0.25) is 0 Å². The highest BCUT2D eigenvalue weighted by Gasteiger charge is 2.33. The molecule has 0 atom stereocenters. The predicted molar refractivity (Wildman–Crippen MR) is 131 cm³/mol. The maximum Gasteiger partial charge on any atom is 0.259 e. The number of hydrogen-bond acceptors (Lipinski definition) is 5. The number of amides is 1. The number of carbonyl (C=O) groups excluding carboxylic acids is 2. The molecule has 0 unspecified atom stereocenters. The summed E-state index contributed by atoms with van der Waals surface area (Å²) in [4.78, 5) is 26.1. The van der Waals surface area contributed by atoms with E-state index in [9.17, 15) is 19.2 Å². The molecule has 176 valence electrons. The molecule has 4 aromatic rings. The van der Waals surface area contributed by atoms with Gasteiger partial charge in [-0.15, -0.1) is 10.2 Å². The smallest absolute Gasteiger partial charge is 0.259 e. The van der Waals surface area contributed by atoms with Crippen LogP contribution in [-0.4, -0.2) is 27.0 Å². The molecule has 0 bridgehead atoms. The van der Waals surface area contributed by atoms with E-state index in [4.69, 9.17) is 0 Å². The van der Waals surface area contributed by atoms with Crippen LogP contribution in [0.15, 0.2) is 54.9 Å². The Morgan fingerprint density at radius 1 is 1.08 bits per heavy atom. The lowest BCUT2D eigenvalue weighted by molar-refractivity contribution is 0.0996. The van der Waals surface area contributed by atoms with Crippen molar-refractivity contribution in [1.29, 1.82) is 5.26 Å². The van der Waals surface area contributed by atoms with Crippen LogP contribution in [0, 0.1) is 17.1 Å². The average Bonchev–Trinajstić information content (AvgIpc) is 3.58. The minimum atomic E-state index is -0.555. The van der Waals surface area contributed by atoms with Crippen LogP contribution in [0.1, 0.15) is 56.2 Å². The summed E-state index contributed by atoms with van der Waals surface area (Å²) < 4.78 is 16.5. The molecule has 6 rings (SSSR count). The van der Waals surface area contributed by atoms with E-state index < -0.39 is 5.82 Å². The number of aromatic nitrogens is 3. The quantitative estimate of drug-likeness (QED) is 0.377. The first-order valence-electron chi connectivity index (χ1n) is 11.6. The number of rotatable bonds is 5. The summed E-state index contributed by atoms with van der Waals surface area (Å²) in [5.41, 5.74) is 5.40. The molecule has 1 fully saturated rings. The first-order chi connectivity index (χ1) is 17.5. The predicted octanol–water partition coefficient (Wildman–Crippen LogP) is 5.01. The number of aldehydes is 1. The Labute approximate surface area is 206 Å². The van der Waals surface area contributed by atoms with Gasteiger partial charge in [0.15, 0.2) is 5.82 Å². The molecule has 36 heavy (non-hydrogen) atoms. The van der Waals surface area contributed by atoms with Gasteiger partial charge in [0.2, 0.25) is 0 Å². The van der Waals surface area contributed by atoms with Crippen molar-refractivity contribution in [2.24, 2.45) is 7.05 Å². The Kier molecular flexibility index (Phi) is 5.00. The lowest BCUT2D eigenvalue weighted by Crippen LogP contribution is -2.23. The second-order valence-corrected chi connectivity index (χ2v) is 9.26. The van der Waals surface area contributed by atoms with Gasteiger partial charge < -0.3 is 9.47 Å². The van der Waals surface area contributed by atoms with Crippen molar-refractivity contribution in [2.75, 3.05) is 4.90 Å². The number of carbonyl (C=O) groups is 2. The molecule has 1 aliphatic carbocycles. The van der Waals surface area contributed by atoms with Gasteiger partial charge in [-0.2, -0.15) is 5.26 Å². The van der Waals surface area contributed by atoms with Gasteiger partial charge in [0.1, 0.15) is 18.4 Å². The molecule has 1 aromatic heterocycles. The van der Waals surface area contributed by atoms with Crippen molar-refractivity contribution in [3.8, 4) is 28.6 Å². The fourth-order valence-electron chi connectivity index (χ4n) is 4.84. The molecular formula is C28H20FN5O2. The molecule has 0 N–H and O–H groups in total. The van der Waals surface area contributed by atoms with Gasteiger partial charge in [0, 0.05) is 35.0 Å². The van der Waals surface area contributed by atoms with Crippen molar-refractivity contribution in [3.05, 3.63) is 88.5 Å². The molecule has 2 heterocycles. The minimum Gasteiger partial charge on any atom is -0.317 e. The third kappa shape index (κ3) is 3.57. The average molecular weight is 477 g/mol. The number of hydrogen-bond donors (Lipinski definition) is 0. The van der Waals surface area contributed by atoms with E-state index in [2.05, 4.69) is 22.3 Å². The number of aryl methyl sites for hydroxylation is 1. The van der Waals surface area contributed by atoms with Crippen molar-refractivity contribution in [3.63, 3.8) is 0 Å². The van der Waals surface area contributed by atoms with Crippen LogP contribution in [0.25, 0.3) is 22.5 Å². The molecule has 0 radical (unpaired) electrons. The first kappa shape index (κ1) is 21.9. The second-order valence-electron chi connectivity index (χ2n) is 9.26. The van der Waals surface area contributed by atoms with E-state index in [0.29, 0.717) is 34.8 Å². The van der Waals surface area contributed by atoms with E-state index in [1.165, 1.54) is 12.1 Å². The molecule has 7 nitrogen and oxygen atoms in total.